The van der Waals surface area contributed by atoms with E-state index < -0.39 is 0 Å². The van der Waals surface area contributed by atoms with Gasteiger partial charge in [-0.2, -0.15) is 0 Å². The van der Waals surface area contributed by atoms with Gasteiger partial charge in [-0.25, -0.2) is 0 Å². The quantitative estimate of drug-likeness (QED) is 0.575. The maximum atomic E-state index is 5.58. The third-order valence-electron chi connectivity index (χ3n) is 2.52. The van der Waals surface area contributed by atoms with Gasteiger partial charge in [0.2, 0.25) is 0 Å². The minimum absolute atomic E-state index is 0.556. The van der Waals surface area contributed by atoms with Crippen molar-refractivity contribution in [3.05, 3.63) is 0 Å². The summed E-state index contributed by atoms with van der Waals surface area (Å²) in [6.45, 7) is 7.79. The predicted octanol–water partition coefficient (Wildman–Crippen LogP) is 2.46. The highest BCUT2D eigenvalue weighted by molar-refractivity contribution is 4.77. The lowest BCUT2D eigenvalue weighted by Crippen LogP contribution is -2.19. The van der Waals surface area contributed by atoms with Crippen molar-refractivity contribution >= 4 is 0 Å². The molecule has 0 aromatic rings. The fourth-order valence-electron chi connectivity index (χ4n) is 1.85. The first-order chi connectivity index (χ1) is 4.75. The van der Waals surface area contributed by atoms with Crippen LogP contribution in [0.15, 0.2) is 0 Å². The van der Waals surface area contributed by atoms with Gasteiger partial charge >= 0.3 is 0 Å². The largest absolute Gasteiger partial charge is 0.378 e. The van der Waals surface area contributed by atoms with Crippen LogP contribution in [0.4, 0.5) is 0 Å². The van der Waals surface area contributed by atoms with Crippen LogP contribution in [0.2, 0.25) is 0 Å². The molecular formula is C9H18O. The third-order valence-corrected chi connectivity index (χ3v) is 2.52. The molecule has 0 N–H and O–H groups in total. The molecule has 1 fully saturated rings. The van der Waals surface area contributed by atoms with Crippen LogP contribution in [0, 0.1) is 11.8 Å². The number of hydrogen-bond donors (Lipinski definition) is 0. The fourth-order valence-corrected chi connectivity index (χ4v) is 1.85. The summed E-state index contributed by atoms with van der Waals surface area (Å²) in [5.41, 5.74) is 0. The number of hydrogen-bond acceptors (Lipinski definition) is 1. The Morgan fingerprint density at radius 3 is 2.60 bits per heavy atom. The van der Waals surface area contributed by atoms with Crippen molar-refractivity contribution in [2.45, 2.75) is 39.7 Å². The maximum Gasteiger partial charge on any atom is 0.0603 e. The molecule has 0 aromatic heterocycles. The fraction of sp³-hybridized carbons (Fsp3) is 1.00. The first kappa shape index (κ1) is 8.06. The predicted molar refractivity (Wildman–Crippen MR) is 43.0 cm³/mol. The van der Waals surface area contributed by atoms with Gasteiger partial charge < -0.3 is 4.74 Å². The van der Waals surface area contributed by atoms with Crippen LogP contribution in [0.25, 0.3) is 0 Å². The van der Waals surface area contributed by atoms with E-state index in [1.165, 1.54) is 12.8 Å². The Labute approximate surface area is 63.8 Å². The highest BCUT2D eigenvalue weighted by Crippen LogP contribution is 2.29. The molecule has 1 heterocycles. The van der Waals surface area contributed by atoms with Crippen LogP contribution in [0.5, 0.6) is 0 Å². The molecule has 0 aliphatic carbocycles. The van der Waals surface area contributed by atoms with Gasteiger partial charge in [0, 0.05) is 6.61 Å². The Morgan fingerprint density at radius 2 is 2.20 bits per heavy atom. The molecule has 0 aromatic carbocycles. The third kappa shape index (κ3) is 1.51. The summed E-state index contributed by atoms with van der Waals surface area (Å²) in [6, 6.07) is 0. The second kappa shape index (κ2) is 3.38. The van der Waals surface area contributed by atoms with Crippen molar-refractivity contribution in [2.24, 2.45) is 11.8 Å². The monoisotopic (exact) mass is 142 g/mol. The smallest absolute Gasteiger partial charge is 0.0603 e. The minimum atomic E-state index is 0.556. The number of ether oxygens (including phenoxy) is 1. The van der Waals surface area contributed by atoms with Crippen molar-refractivity contribution in [2.75, 3.05) is 6.61 Å². The molecule has 1 saturated heterocycles. The van der Waals surface area contributed by atoms with Crippen molar-refractivity contribution in [1.82, 2.24) is 0 Å². The van der Waals surface area contributed by atoms with Gasteiger partial charge in [-0.1, -0.05) is 20.8 Å². The molecule has 60 valence electrons. The molecular weight excluding hydrogens is 124 g/mol. The van der Waals surface area contributed by atoms with E-state index in [2.05, 4.69) is 20.8 Å². The zero-order chi connectivity index (χ0) is 7.56. The average molecular weight is 142 g/mol. The molecule has 0 radical (unpaired) electrons. The molecule has 1 unspecified atom stereocenters. The van der Waals surface area contributed by atoms with Gasteiger partial charge in [0.15, 0.2) is 0 Å². The van der Waals surface area contributed by atoms with E-state index in [0.717, 1.165) is 18.4 Å². The second-order valence-corrected chi connectivity index (χ2v) is 3.51. The number of rotatable bonds is 2. The molecule has 1 rings (SSSR count). The van der Waals surface area contributed by atoms with Gasteiger partial charge in [-0.15, -0.1) is 0 Å². The lowest BCUT2D eigenvalue weighted by atomic mass is 9.88. The molecule has 2 atom stereocenters. The molecule has 0 saturated carbocycles. The van der Waals surface area contributed by atoms with E-state index in [0.29, 0.717) is 6.10 Å². The van der Waals surface area contributed by atoms with Gasteiger partial charge in [-0.3, -0.25) is 0 Å². The molecule has 1 heteroatoms. The second-order valence-electron chi connectivity index (χ2n) is 3.51. The van der Waals surface area contributed by atoms with E-state index in [9.17, 15) is 0 Å². The van der Waals surface area contributed by atoms with E-state index in [1.54, 1.807) is 0 Å². The van der Waals surface area contributed by atoms with Gasteiger partial charge in [0.05, 0.1) is 6.10 Å². The van der Waals surface area contributed by atoms with E-state index in [1.807, 2.05) is 0 Å². The first-order valence-corrected chi connectivity index (χ1v) is 4.37. The Bertz CT molecular complexity index is 98.9. The van der Waals surface area contributed by atoms with E-state index in [-0.39, 0.29) is 0 Å². The molecule has 1 nitrogen and oxygen atoms in total. The highest BCUT2D eigenvalue weighted by Gasteiger charge is 2.28. The Morgan fingerprint density at radius 1 is 1.50 bits per heavy atom. The Hall–Kier alpha value is -0.0400. The topological polar surface area (TPSA) is 9.23 Å². The zero-order valence-electron chi connectivity index (χ0n) is 7.26. The lowest BCUT2D eigenvalue weighted by Gasteiger charge is -2.19. The lowest BCUT2D eigenvalue weighted by molar-refractivity contribution is 0.0765. The van der Waals surface area contributed by atoms with Crippen LogP contribution in [0.1, 0.15) is 33.6 Å². The minimum Gasteiger partial charge on any atom is -0.378 e. The van der Waals surface area contributed by atoms with Crippen molar-refractivity contribution in [3.8, 4) is 0 Å². The Kier molecular flexibility index (Phi) is 2.72. The van der Waals surface area contributed by atoms with Crippen LogP contribution in [-0.4, -0.2) is 12.7 Å². The summed E-state index contributed by atoms with van der Waals surface area (Å²) in [7, 11) is 0. The molecule has 1 aliphatic heterocycles. The summed E-state index contributed by atoms with van der Waals surface area (Å²) in [4.78, 5) is 0. The standard InChI is InChI=1S/C9H18O/c1-4-9-8(7(2)3)5-6-10-9/h7-9H,4-6H2,1-3H3/t8?,9-/m1/s1. The molecule has 0 bridgehead atoms. The van der Waals surface area contributed by atoms with Gasteiger partial charge in [0.25, 0.3) is 0 Å². The van der Waals surface area contributed by atoms with Gasteiger partial charge in [0.1, 0.15) is 0 Å². The van der Waals surface area contributed by atoms with Crippen molar-refractivity contribution in [1.29, 1.82) is 0 Å². The van der Waals surface area contributed by atoms with Crippen molar-refractivity contribution < 1.29 is 4.74 Å². The van der Waals surface area contributed by atoms with Crippen LogP contribution in [0.3, 0.4) is 0 Å². The first-order valence-electron chi connectivity index (χ1n) is 4.37. The summed E-state index contributed by atoms with van der Waals surface area (Å²) < 4.78 is 5.58. The summed E-state index contributed by atoms with van der Waals surface area (Å²) >= 11 is 0. The van der Waals surface area contributed by atoms with E-state index in [4.69, 9.17) is 4.74 Å². The van der Waals surface area contributed by atoms with Gasteiger partial charge in [-0.05, 0) is 24.7 Å². The molecule has 0 amide bonds. The average Bonchev–Trinajstić information content (AvgIpc) is 2.33. The molecule has 10 heavy (non-hydrogen) atoms. The van der Waals surface area contributed by atoms with Crippen LogP contribution >= 0.6 is 0 Å². The van der Waals surface area contributed by atoms with Crippen LogP contribution < -0.4 is 0 Å². The summed E-state index contributed by atoms with van der Waals surface area (Å²) in [5.74, 6) is 1.62. The SMILES string of the molecule is CC[C@H]1OCCC1C(C)C. The highest BCUT2D eigenvalue weighted by atomic mass is 16.5. The zero-order valence-corrected chi connectivity index (χ0v) is 7.26. The Balaban J connectivity index is 2.42. The normalized spacial score (nSPS) is 33.6. The molecule has 1 aliphatic rings. The van der Waals surface area contributed by atoms with Crippen LogP contribution in [-0.2, 0) is 4.74 Å². The van der Waals surface area contributed by atoms with E-state index >= 15 is 0 Å². The van der Waals surface area contributed by atoms with Crippen molar-refractivity contribution in [3.63, 3.8) is 0 Å². The summed E-state index contributed by atoms with van der Waals surface area (Å²) in [6.07, 6.45) is 3.01. The maximum absolute atomic E-state index is 5.58. The summed E-state index contributed by atoms with van der Waals surface area (Å²) in [5, 5.41) is 0. The molecule has 0 spiro atoms.